The summed E-state index contributed by atoms with van der Waals surface area (Å²) in [6.45, 7) is 0. The third kappa shape index (κ3) is 5.26. The molecule has 274 valence electrons. The van der Waals surface area contributed by atoms with E-state index in [1.165, 1.54) is 69.6 Å². The van der Waals surface area contributed by atoms with Gasteiger partial charge in [0.25, 0.3) is 0 Å². The molecule has 58 heavy (non-hydrogen) atoms. The number of anilines is 2. The molecule has 0 bridgehead atoms. The van der Waals surface area contributed by atoms with Gasteiger partial charge in [0.15, 0.2) is 0 Å². The molecule has 11 aromatic rings. The summed E-state index contributed by atoms with van der Waals surface area (Å²) in [5, 5.41) is 7.48. The van der Waals surface area contributed by atoms with Gasteiger partial charge in [-0.05, 0) is 95.4 Å². The molecule has 12 rings (SSSR count). The third-order valence-electron chi connectivity index (χ3n) is 11.9. The maximum Gasteiger partial charge on any atom is 0.136 e. The van der Waals surface area contributed by atoms with Crippen molar-refractivity contribution in [3.63, 3.8) is 0 Å². The first kappa shape index (κ1) is 33.0. The van der Waals surface area contributed by atoms with Crippen molar-refractivity contribution in [3.8, 4) is 16.8 Å². The number of hydrogen-bond acceptors (Lipinski definition) is 3. The first-order chi connectivity index (χ1) is 28.7. The fourth-order valence-electron chi connectivity index (χ4n) is 9.23. The van der Waals surface area contributed by atoms with Gasteiger partial charge in [0.05, 0.1) is 17.1 Å². The Labute approximate surface area is 339 Å². The Bertz CT molecular complexity index is 3440. The highest BCUT2D eigenvalue weighted by Crippen LogP contribution is 2.42. The Balaban J connectivity index is 0.974. The molecule has 4 heteroatoms. The van der Waals surface area contributed by atoms with E-state index in [0.29, 0.717) is 0 Å². The Morgan fingerprint density at radius 1 is 0.517 bits per heavy atom. The molecule has 0 radical (unpaired) electrons. The molecule has 8 aromatic carbocycles. The number of para-hydroxylation sites is 3. The molecule has 0 aliphatic heterocycles. The van der Waals surface area contributed by atoms with Gasteiger partial charge in [0, 0.05) is 58.8 Å². The summed E-state index contributed by atoms with van der Waals surface area (Å²) in [5.74, 6) is 0. The standard InChI is InChI=1S/C54H36N2OS/c1-2-11-38(12-3-1)56-48-17-7-4-13-43(48)44-32-30-41(34-49(44)56)55(39-26-21-35(22-27-39)37-25-31-46-45-14-6-9-20-52(45)58-53(46)33-37)40-28-23-36(24-29-40)42-16-10-19-51-54(42)47-15-5-8-18-50(47)57-51/h1-28,30-34,40H,29H2. The largest absolute Gasteiger partial charge is 0.456 e. The third-order valence-corrected chi connectivity index (χ3v) is 13.1. The van der Waals surface area contributed by atoms with Crippen LogP contribution in [0.3, 0.4) is 0 Å². The molecule has 0 spiro atoms. The van der Waals surface area contributed by atoms with Crippen molar-refractivity contribution in [1.82, 2.24) is 4.57 Å². The van der Waals surface area contributed by atoms with Gasteiger partial charge in [0.1, 0.15) is 11.2 Å². The van der Waals surface area contributed by atoms with Crippen LogP contribution in [0, 0.1) is 0 Å². The Morgan fingerprint density at radius 2 is 1.21 bits per heavy atom. The summed E-state index contributed by atoms with van der Waals surface area (Å²) in [6, 6.07) is 66.1. The van der Waals surface area contributed by atoms with Crippen LogP contribution in [0.5, 0.6) is 0 Å². The second kappa shape index (κ2) is 13.2. The minimum atomic E-state index is 0.0943. The van der Waals surface area contributed by atoms with Crippen LogP contribution in [0.4, 0.5) is 11.4 Å². The molecule has 0 N–H and O–H groups in total. The lowest BCUT2D eigenvalue weighted by Gasteiger charge is -2.33. The lowest BCUT2D eigenvalue weighted by Crippen LogP contribution is -2.30. The highest BCUT2D eigenvalue weighted by molar-refractivity contribution is 7.25. The number of hydrogen-bond donors (Lipinski definition) is 0. The van der Waals surface area contributed by atoms with Gasteiger partial charge in [-0.25, -0.2) is 0 Å². The zero-order valence-corrected chi connectivity index (χ0v) is 32.4. The second-order valence-electron chi connectivity index (χ2n) is 15.2. The summed E-state index contributed by atoms with van der Waals surface area (Å²) in [5.41, 5.74) is 12.6. The Morgan fingerprint density at radius 3 is 2.07 bits per heavy atom. The zero-order chi connectivity index (χ0) is 38.2. The molecule has 0 fully saturated rings. The molecule has 1 atom stereocenters. The summed E-state index contributed by atoms with van der Waals surface area (Å²) < 4.78 is 11.3. The smallest absolute Gasteiger partial charge is 0.136 e. The molecule has 0 saturated heterocycles. The molecular weight excluding hydrogens is 725 g/mol. The van der Waals surface area contributed by atoms with E-state index in [4.69, 9.17) is 4.42 Å². The molecule has 3 aromatic heterocycles. The van der Waals surface area contributed by atoms with Crippen molar-refractivity contribution in [2.45, 2.75) is 12.5 Å². The monoisotopic (exact) mass is 760 g/mol. The van der Waals surface area contributed by atoms with Crippen molar-refractivity contribution in [2.75, 3.05) is 4.90 Å². The Hall–Kier alpha value is -7.14. The van der Waals surface area contributed by atoms with Gasteiger partial charge in [-0.2, -0.15) is 0 Å². The SMILES string of the molecule is C1=CC(N(c2ccc(-c3ccc4c(c3)sc3ccccc34)cc2)c2ccc3c4ccccc4n(-c4ccccc4)c3c2)CC=C1c1cccc2oc3ccccc3c12. The van der Waals surface area contributed by atoms with Crippen LogP contribution in [0.25, 0.3) is 86.3 Å². The van der Waals surface area contributed by atoms with E-state index in [1.807, 2.05) is 17.4 Å². The van der Waals surface area contributed by atoms with Crippen LogP contribution in [0.15, 0.2) is 205 Å². The number of fused-ring (bicyclic) bond motifs is 9. The Kier molecular flexibility index (Phi) is 7.54. The van der Waals surface area contributed by atoms with Crippen LogP contribution < -0.4 is 4.90 Å². The number of nitrogens with zero attached hydrogens (tertiary/aromatic N) is 2. The second-order valence-corrected chi connectivity index (χ2v) is 16.3. The predicted octanol–water partition coefficient (Wildman–Crippen LogP) is 15.3. The minimum Gasteiger partial charge on any atom is -0.456 e. The normalized spacial score (nSPS) is 14.3. The van der Waals surface area contributed by atoms with Crippen molar-refractivity contribution in [1.29, 1.82) is 0 Å². The average molecular weight is 761 g/mol. The predicted molar refractivity (Wildman–Crippen MR) is 247 cm³/mol. The van der Waals surface area contributed by atoms with Crippen molar-refractivity contribution in [3.05, 3.63) is 206 Å². The highest BCUT2D eigenvalue weighted by atomic mass is 32.1. The number of allylic oxidation sites excluding steroid dienone is 2. The summed E-state index contributed by atoms with van der Waals surface area (Å²) in [4.78, 5) is 2.52. The van der Waals surface area contributed by atoms with E-state index >= 15 is 0 Å². The fourth-order valence-corrected chi connectivity index (χ4v) is 10.4. The molecule has 0 amide bonds. The van der Waals surface area contributed by atoms with E-state index < -0.39 is 0 Å². The number of thiophene rings is 1. The maximum absolute atomic E-state index is 6.27. The van der Waals surface area contributed by atoms with Gasteiger partial charge in [-0.3, -0.25) is 0 Å². The van der Waals surface area contributed by atoms with Gasteiger partial charge in [-0.1, -0.05) is 133 Å². The summed E-state index contributed by atoms with van der Waals surface area (Å²) >= 11 is 1.87. The number of benzene rings is 8. The lowest BCUT2D eigenvalue weighted by atomic mass is 9.92. The van der Waals surface area contributed by atoms with E-state index in [1.54, 1.807) is 0 Å². The first-order valence-electron chi connectivity index (χ1n) is 19.9. The topological polar surface area (TPSA) is 21.3 Å². The highest BCUT2D eigenvalue weighted by Gasteiger charge is 2.24. The van der Waals surface area contributed by atoms with Crippen molar-refractivity contribution >= 4 is 92.2 Å². The van der Waals surface area contributed by atoms with Gasteiger partial charge in [0.2, 0.25) is 0 Å². The zero-order valence-electron chi connectivity index (χ0n) is 31.5. The number of furan rings is 1. The van der Waals surface area contributed by atoms with Crippen molar-refractivity contribution in [2.24, 2.45) is 0 Å². The summed E-state index contributed by atoms with van der Waals surface area (Å²) in [7, 11) is 0. The fraction of sp³-hybridized carbons (Fsp3) is 0.0370. The van der Waals surface area contributed by atoms with Crippen molar-refractivity contribution < 1.29 is 4.42 Å². The molecule has 1 aliphatic rings. The van der Waals surface area contributed by atoms with Gasteiger partial charge in [-0.15, -0.1) is 11.3 Å². The molecular formula is C54H36N2OS. The minimum absolute atomic E-state index is 0.0943. The lowest BCUT2D eigenvalue weighted by molar-refractivity contribution is 0.669. The van der Waals surface area contributed by atoms with Crippen LogP contribution in [0.2, 0.25) is 0 Å². The van der Waals surface area contributed by atoms with Crippen LogP contribution in [0.1, 0.15) is 12.0 Å². The van der Waals surface area contributed by atoms with E-state index in [0.717, 1.165) is 40.0 Å². The van der Waals surface area contributed by atoms with Gasteiger partial charge >= 0.3 is 0 Å². The quantitative estimate of drug-likeness (QED) is 0.168. The summed E-state index contributed by atoms with van der Waals surface area (Å²) in [6.07, 6.45) is 7.95. The molecule has 0 saturated carbocycles. The van der Waals surface area contributed by atoms with Gasteiger partial charge < -0.3 is 13.9 Å². The number of rotatable bonds is 6. The molecule has 3 heterocycles. The van der Waals surface area contributed by atoms with Crippen LogP contribution >= 0.6 is 11.3 Å². The van der Waals surface area contributed by atoms with Crippen LogP contribution in [-0.4, -0.2) is 10.6 Å². The van der Waals surface area contributed by atoms with Crippen LogP contribution in [-0.2, 0) is 0 Å². The average Bonchev–Trinajstić information content (AvgIpc) is 3.96. The van der Waals surface area contributed by atoms with E-state index in [9.17, 15) is 0 Å². The first-order valence-corrected chi connectivity index (χ1v) is 20.8. The van der Waals surface area contributed by atoms with E-state index in [2.05, 4.69) is 204 Å². The molecule has 1 aliphatic carbocycles. The maximum atomic E-state index is 6.27. The number of aromatic nitrogens is 1. The van der Waals surface area contributed by atoms with E-state index in [-0.39, 0.29) is 6.04 Å². The molecule has 1 unspecified atom stereocenters. The molecule has 3 nitrogen and oxygen atoms in total.